The Labute approximate surface area is 183 Å². The molecule has 0 aliphatic heterocycles. The second kappa shape index (κ2) is 8.98. The van der Waals surface area contributed by atoms with E-state index in [0.717, 1.165) is 21.8 Å². The van der Waals surface area contributed by atoms with Crippen molar-refractivity contribution >= 4 is 40.3 Å². The molecule has 5 nitrogen and oxygen atoms in total. The Kier molecular flexibility index (Phi) is 5.97. The van der Waals surface area contributed by atoms with E-state index in [-0.39, 0.29) is 6.03 Å². The number of hydrogen-bond donors (Lipinski definition) is 2. The van der Waals surface area contributed by atoms with Crippen LogP contribution in [0.3, 0.4) is 0 Å². The molecule has 4 rings (SSSR count). The van der Waals surface area contributed by atoms with E-state index >= 15 is 0 Å². The number of carbonyl (C=O) groups is 1. The molecule has 2 amide bonds. The standard InChI is InChI=1S/C23H18ClN3O2S/c1-29-21-12-9-17(24)13-19(21)27-23(28)25-18-10-7-15(8-11-18)20-14-30-22(26-20)16-5-3-2-4-6-16/h2-14H,1H3,(H2,25,27,28). The van der Waals surface area contributed by atoms with Gasteiger partial charge in [0.05, 0.1) is 18.5 Å². The molecule has 0 saturated heterocycles. The van der Waals surface area contributed by atoms with E-state index in [9.17, 15) is 4.79 Å². The number of carbonyl (C=O) groups excluding carboxylic acids is 1. The largest absolute Gasteiger partial charge is 0.495 e. The fourth-order valence-electron chi connectivity index (χ4n) is 2.91. The summed E-state index contributed by atoms with van der Waals surface area (Å²) in [7, 11) is 1.53. The van der Waals surface area contributed by atoms with Crippen molar-refractivity contribution in [2.45, 2.75) is 0 Å². The first-order chi connectivity index (χ1) is 14.6. The van der Waals surface area contributed by atoms with E-state index < -0.39 is 0 Å². The number of urea groups is 1. The molecule has 0 bridgehead atoms. The lowest BCUT2D eigenvalue weighted by Gasteiger charge is -2.11. The van der Waals surface area contributed by atoms with Crippen molar-refractivity contribution in [3.63, 3.8) is 0 Å². The second-order valence-corrected chi connectivity index (χ2v) is 7.70. The number of ether oxygens (including phenoxy) is 1. The van der Waals surface area contributed by atoms with Gasteiger partial charge in [0.15, 0.2) is 0 Å². The molecule has 0 unspecified atom stereocenters. The third kappa shape index (κ3) is 4.62. The van der Waals surface area contributed by atoms with Crippen LogP contribution >= 0.6 is 22.9 Å². The topological polar surface area (TPSA) is 63.2 Å². The van der Waals surface area contributed by atoms with Crippen molar-refractivity contribution < 1.29 is 9.53 Å². The SMILES string of the molecule is COc1ccc(Cl)cc1NC(=O)Nc1ccc(-c2csc(-c3ccccc3)n2)cc1. The zero-order valence-corrected chi connectivity index (χ0v) is 17.6. The quantitative estimate of drug-likeness (QED) is 0.363. The summed E-state index contributed by atoms with van der Waals surface area (Å²) in [5, 5.41) is 9.07. The van der Waals surface area contributed by atoms with Crippen molar-refractivity contribution in [3.05, 3.63) is 83.2 Å². The molecule has 0 radical (unpaired) electrons. The summed E-state index contributed by atoms with van der Waals surface area (Å²) in [6.07, 6.45) is 0. The fraction of sp³-hybridized carbons (Fsp3) is 0.0435. The number of halogens is 1. The molecule has 0 aliphatic rings. The van der Waals surface area contributed by atoms with Crippen molar-refractivity contribution in [2.75, 3.05) is 17.7 Å². The summed E-state index contributed by atoms with van der Waals surface area (Å²) >= 11 is 7.61. The van der Waals surface area contributed by atoms with Gasteiger partial charge in [-0.15, -0.1) is 11.3 Å². The molecule has 0 atom stereocenters. The van der Waals surface area contributed by atoms with E-state index in [0.29, 0.717) is 22.1 Å². The molecule has 0 saturated carbocycles. The van der Waals surface area contributed by atoms with Gasteiger partial charge in [0.2, 0.25) is 0 Å². The molecule has 30 heavy (non-hydrogen) atoms. The highest BCUT2D eigenvalue weighted by molar-refractivity contribution is 7.13. The van der Waals surface area contributed by atoms with Crippen molar-refractivity contribution in [1.82, 2.24) is 4.98 Å². The van der Waals surface area contributed by atoms with E-state index in [1.807, 2.05) is 60.0 Å². The molecule has 2 N–H and O–H groups in total. The van der Waals surface area contributed by atoms with E-state index in [4.69, 9.17) is 21.3 Å². The Morgan fingerprint density at radius 1 is 0.967 bits per heavy atom. The van der Waals surface area contributed by atoms with Gasteiger partial charge in [0.1, 0.15) is 10.8 Å². The summed E-state index contributed by atoms with van der Waals surface area (Å²) in [4.78, 5) is 17.1. The third-order valence-electron chi connectivity index (χ3n) is 4.37. The number of thiazole rings is 1. The highest BCUT2D eigenvalue weighted by Crippen LogP contribution is 2.30. The van der Waals surface area contributed by atoms with E-state index in [1.165, 1.54) is 7.11 Å². The molecule has 0 fully saturated rings. The zero-order chi connectivity index (χ0) is 20.9. The molecule has 4 aromatic rings. The second-order valence-electron chi connectivity index (χ2n) is 6.41. The average molecular weight is 436 g/mol. The predicted molar refractivity (Wildman–Crippen MR) is 124 cm³/mol. The Balaban J connectivity index is 1.44. The zero-order valence-electron chi connectivity index (χ0n) is 16.1. The van der Waals surface area contributed by atoms with Crippen LogP contribution in [0.25, 0.3) is 21.8 Å². The van der Waals surface area contributed by atoms with Crippen LogP contribution in [-0.2, 0) is 0 Å². The van der Waals surface area contributed by atoms with Crippen LogP contribution in [0, 0.1) is 0 Å². The number of benzene rings is 3. The minimum absolute atomic E-state index is 0.386. The van der Waals surface area contributed by atoms with Gasteiger partial charge in [-0.3, -0.25) is 0 Å². The average Bonchev–Trinajstić information content (AvgIpc) is 3.25. The fourth-order valence-corrected chi connectivity index (χ4v) is 3.91. The van der Waals surface area contributed by atoms with Gasteiger partial charge >= 0.3 is 6.03 Å². The number of methoxy groups -OCH3 is 1. The molecule has 0 aliphatic carbocycles. The summed E-state index contributed by atoms with van der Waals surface area (Å²) < 4.78 is 5.24. The van der Waals surface area contributed by atoms with Gasteiger partial charge in [0.25, 0.3) is 0 Å². The highest BCUT2D eigenvalue weighted by Gasteiger charge is 2.10. The van der Waals surface area contributed by atoms with Crippen molar-refractivity contribution in [2.24, 2.45) is 0 Å². The minimum Gasteiger partial charge on any atom is -0.495 e. The molecule has 1 heterocycles. The van der Waals surface area contributed by atoms with Crippen molar-refractivity contribution in [1.29, 1.82) is 0 Å². The lowest BCUT2D eigenvalue weighted by Crippen LogP contribution is -2.19. The predicted octanol–water partition coefficient (Wildman–Crippen LogP) is 6.78. The molecule has 150 valence electrons. The summed E-state index contributed by atoms with van der Waals surface area (Å²) in [5.74, 6) is 0.530. The Bertz CT molecular complexity index is 1160. The Morgan fingerprint density at radius 2 is 1.73 bits per heavy atom. The molecular weight excluding hydrogens is 418 g/mol. The van der Waals surface area contributed by atoms with Crippen LogP contribution in [0.1, 0.15) is 0 Å². The Hall–Kier alpha value is -3.35. The molecule has 7 heteroatoms. The van der Waals surface area contributed by atoms with Gasteiger partial charge in [-0.2, -0.15) is 0 Å². The summed E-state index contributed by atoms with van der Waals surface area (Å²) in [6, 6.07) is 22.3. The van der Waals surface area contributed by atoms with Gasteiger partial charge in [-0.1, -0.05) is 54.1 Å². The number of aromatic nitrogens is 1. The van der Waals surface area contributed by atoms with Crippen LogP contribution in [-0.4, -0.2) is 18.1 Å². The number of amides is 2. The van der Waals surface area contributed by atoms with E-state index in [1.54, 1.807) is 29.5 Å². The molecule has 1 aromatic heterocycles. The van der Waals surface area contributed by atoms with Crippen LogP contribution in [0.15, 0.2) is 78.2 Å². The van der Waals surface area contributed by atoms with Gasteiger partial charge in [0, 0.05) is 27.2 Å². The first-order valence-corrected chi connectivity index (χ1v) is 10.4. The van der Waals surface area contributed by atoms with Crippen LogP contribution in [0.5, 0.6) is 5.75 Å². The minimum atomic E-state index is -0.386. The lowest BCUT2D eigenvalue weighted by atomic mass is 10.1. The number of nitrogens with zero attached hydrogens (tertiary/aromatic N) is 1. The maximum atomic E-state index is 12.3. The number of anilines is 2. The highest BCUT2D eigenvalue weighted by atomic mass is 35.5. The molecule has 3 aromatic carbocycles. The van der Waals surface area contributed by atoms with Gasteiger partial charge in [-0.05, 0) is 30.3 Å². The summed E-state index contributed by atoms with van der Waals surface area (Å²) in [6.45, 7) is 0. The monoisotopic (exact) mass is 435 g/mol. The molecule has 0 spiro atoms. The first kappa shape index (κ1) is 19.9. The first-order valence-electron chi connectivity index (χ1n) is 9.15. The van der Waals surface area contributed by atoms with Gasteiger partial charge in [-0.25, -0.2) is 9.78 Å². The van der Waals surface area contributed by atoms with Gasteiger partial charge < -0.3 is 15.4 Å². The maximum absolute atomic E-state index is 12.3. The van der Waals surface area contributed by atoms with E-state index in [2.05, 4.69) is 10.6 Å². The lowest BCUT2D eigenvalue weighted by molar-refractivity contribution is 0.262. The number of rotatable bonds is 5. The van der Waals surface area contributed by atoms with Crippen LogP contribution in [0.4, 0.5) is 16.2 Å². The van der Waals surface area contributed by atoms with Crippen LogP contribution < -0.4 is 15.4 Å². The molecular formula is C23H18ClN3O2S. The van der Waals surface area contributed by atoms with Crippen LogP contribution in [0.2, 0.25) is 5.02 Å². The number of hydrogen-bond acceptors (Lipinski definition) is 4. The Morgan fingerprint density at radius 3 is 2.47 bits per heavy atom. The third-order valence-corrected chi connectivity index (χ3v) is 5.50. The normalized spacial score (nSPS) is 10.5. The summed E-state index contributed by atoms with van der Waals surface area (Å²) in [5.41, 5.74) is 4.14. The van der Waals surface area contributed by atoms with Crippen molar-refractivity contribution in [3.8, 4) is 27.6 Å². The number of nitrogens with one attached hydrogen (secondary N) is 2. The smallest absolute Gasteiger partial charge is 0.323 e. The maximum Gasteiger partial charge on any atom is 0.323 e.